The molecule has 1 aliphatic carbocycles. The van der Waals surface area contributed by atoms with Crippen molar-refractivity contribution in [2.75, 3.05) is 11.9 Å². The molecule has 1 fully saturated rings. The van der Waals surface area contributed by atoms with Crippen LogP contribution >= 0.6 is 0 Å². The molecule has 1 amide bonds. The van der Waals surface area contributed by atoms with Crippen LogP contribution < -0.4 is 10.1 Å². The highest BCUT2D eigenvalue weighted by atomic mass is 19.3. The van der Waals surface area contributed by atoms with E-state index in [1.165, 1.54) is 18.2 Å². The average Bonchev–Trinajstić information content (AvgIpc) is 3.42. The standard InChI is InChI=1S/C19H19F3N2O2/c20-15-6-2-1-5-13(15)11-24(14-9-10-14)12-18(25)23-16-7-3-4-8-17(16)26-19(21)22/h1-8,14,19H,9-12H2,(H,23,25). The third-order valence-corrected chi connectivity index (χ3v) is 4.12. The topological polar surface area (TPSA) is 41.6 Å². The van der Waals surface area contributed by atoms with Crippen molar-refractivity contribution in [3.05, 3.63) is 59.9 Å². The predicted octanol–water partition coefficient (Wildman–Crippen LogP) is 4.03. The third kappa shape index (κ3) is 4.98. The smallest absolute Gasteiger partial charge is 0.387 e. The zero-order valence-corrected chi connectivity index (χ0v) is 14.0. The van der Waals surface area contributed by atoms with E-state index in [0.29, 0.717) is 12.1 Å². The van der Waals surface area contributed by atoms with Gasteiger partial charge in [0.2, 0.25) is 5.91 Å². The van der Waals surface area contributed by atoms with Crippen LogP contribution in [0.2, 0.25) is 0 Å². The Hall–Kier alpha value is -2.54. The van der Waals surface area contributed by atoms with Gasteiger partial charge in [0.15, 0.2) is 0 Å². The molecule has 0 bridgehead atoms. The number of nitrogens with one attached hydrogen (secondary N) is 1. The number of anilines is 1. The highest BCUT2D eigenvalue weighted by Gasteiger charge is 2.31. The number of ether oxygens (including phenoxy) is 1. The van der Waals surface area contributed by atoms with Crippen molar-refractivity contribution >= 4 is 11.6 Å². The fourth-order valence-corrected chi connectivity index (χ4v) is 2.74. The van der Waals surface area contributed by atoms with Crippen molar-refractivity contribution in [2.45, 2.75) is 32.0 Å². The average molecular weight is 364 g/mol. The van der Waals surface area contributed by atoms with Crippen molar-refractivity contribution in [3.8, 4) is 5.75 Å². The summed E-state index contributed by atoms with van der Waals surface area (Å²) < 4.78 is 43.2. The van der Waals surface area contributed by atoms with Crippen LogP contribution in [-0.4, -0.2) is 30.0 Å². The molecule has 1 saturated carbocycles. The Bertz CT molecular complexity index is 766. The van der Waals surface area contributed by atoms with Crippen LogP contribution in [0.4, 0.5) is 18.9 Å². The zero-order chi connectivity index (χ0) is 18.5. The largest absolute Gasteiger partial charge is 0.433 e. The Morgan fingerprint density at radius 1 is 1.15 bits per heavy atom. The number of rotatable bonds is 8. The van der Waals surface area contributed by atoms with E-state index < -0.39 is 6.61 Å². The van der Waals surface area contributed by atoms with Crippen LogP contribution in [0, 0.1) is 5.82 Å². The molecule has 138 valence electrons. The highest BCUT2D eigenvalue weighted by molar-refractivity contribution is 5.93. The minimum atomic E-state index is -2.97. The maximum absolute atomic E-state index is 13.9. The van der Waals surface area contributed by atoms with Gasteiger partial charge in [-0.3, -0.25) is 9.69 Å². The van der Waals surface area contributed by atoms with Crippen LogP contribution in [0.25, 0.3) is 0 Å². The summed E-state index contributed by atoms with van der Waals surface area (Å²) in [5.41, 5.74) is 0.702. The third-order valence-electron chi connectivity index (χ3n) is 4.12. The summed E-state index contributed by atoms with van der Waals surface area (Å²) in [6.45, 7) is -2.61. The van der Waals surface area contributed by atoms with Crippen LogP contribution in [0.1, 0.15) is 18.4 Å². The van der Waals surface area contributed by atoms with Crippen LogP contribution in [0.5, 0.6) is 5.75 Å². The summed E-state index contributed by atoms with van der Waals surface area (Å²) in [6.07, 6.45) is 1.90. The molecule has 0 radical (unpaired) electrons. The van der Waals surface area contributed by atoms with Crippen molar-refractivity contribution < 1.29 is 22.7 Å². The maximum atomic E-state index is 13.9. The number of alkyl halides is 2. The lowest BCUT2D eigenvalue weighted by atomic mass is 10.2. The molecule has 0 spiro atoms. The molecule has 26 heavy (non-hydrogen) atoms. The van der Waals surface area contributed by atoms with E-state index in [-0.39, 0.29) is 35.7 Å². The minimum absolute atomic E-state index is 0.0437. The summed E-state index contributed by atoms with van der Waals surface area (Å²) in [6, 6.07) is 12.7. The fourth-order valence-electron chi connectivity index (χ4n) is 2.74. The Balaban J connectivity index is 1.65. The Kier molecular flexibility index (Phi) is 5.78. The Morgan fingerprint density at radius 3 is 2.54 bits per heavy atom. The maximum Gasteiger partial charge on any atom is 0.387 e. The number of nitrogens with zero attached hydrogens (tertiary/aromatic N) is 1. The molecule has 0 atom stereocenters. The molecular formula is C19H19F3N2O2. The first-order valence-electron chi connectivity index (χ1n) is 8.34. The molecule has 0 aromatic heterocycles. The SMILES string of the molecule is O=C(CN(Cc1ccccc1F)C1CC1)Nc1ccccc1OC(F)F. The van der Waals surface area contributed by atoms with Gasteiger partial charge < -0.3 is 10.1 Å². The van der Waals surface area contributed by atoms with Crippen LogP contribution in [0.15, 0.2) is 48.5 Å². The number of carbonyl (C=O) groups excluding carboxylic acids is 1. The van der Waals surface area contributed by atoms with Gasteiger partial charge in [-0.1, -0.05) is 30.3 Å². The Morgan fingerprint density at radius 2 is 1.85 bits per heavy atom. The van der Waals surface area contributed by atoms with Crippen molar-refractivity contribution in [1.29, 1.82) is 0 Å². The molecule has 2 aromatic rings. The number of para-hydroxylation sites is 2. The zero-order valence-electron chi connectivity index (χ0n) is 14.0. The normalized spacial score (nSPS) is 13.9. The van der Waals surface area contributed by atoms with Gasteiger partial charge in [-0.2, -0.15) is 8.78 Å². The highest BCUT2D eigenvalue weighted by Crippen LogP contribution is 2.29. The van der Waals surface area contributed by atoms with Crippen LogP contribution in [-0.2, 0) is 11.3 Å². The molecule has 0 heterocycles. The number of hydrogen-bond donors (Lipinski definition) is 1. The summed E-state index contributed by atoms with van der Waals surface area (Å²) in [7, 11) is 0. The van der Waals surface area contributed by atoms with Gasteiger partial charge in [0.25, 0.3) is 0 Å². The molecule has 0 aliphatic heterocycles. The quantitative estimate of drug-likeness (QED) is 0.769. The van der Waals surface area contributed by atoms with E-state index in [1.54, 1.807) is 30.3 Å². The molecule has 0 unspecified atom stereocenters. The van der Waals surface area contributed by atoms with Crippen molar-refractivity contribution in [3.63, 3.8) is 0 Å². The van der Waals surface area contributed by atoms with Gasteiger partial charge >= 0.3 is 6.61 Å². The summed E-state index contributed by atoms with van der Waals surface area (Å²) in [5.74, 6) is -0.768. The lowest BCUT2D eigenvalue weighted by molar-refractivity contribution is -0.117. The molecule has 1 aliphatic rings. The second-order valence-electron chi connectivity index (χ2n) is 6.15. The lowest BCUT2D eigenvalue weighted by Gasteiger charge is -2.22. The number of halogens is 3. The molecular weight excluding hydrogens is 345 g/mol. The molecule has 0 saturated heterocycles. The van der Waals surface area contributed by atoms with Crippen molar-refractivity contribution in [2.24, 2.45) is 0 Å². The van der Waals surface area contributed by atoms with E-state index in [2.05, 4.69) is 10.1 Å². The number of hydrogen-bond acceptors (Lipinski definition) is 3. The number of amides is 1. The van der Waals surface area contributed by atoms with E-state index in [4.69, 9.17) is 0 Å². The van der Waals surface area contributed by atoms with Gasteiger partial charge in [0.1, 0.15) is 11.6 Å². The lowest BCUT2D eigenvalue weighted by Crippen LogP contribution is -2.34. The summed E-state index contributed by atoms with van der Waals surface area (Å²) >= 11 is 0. The monoisotopic (exact) mass is 364 g/mol. The second-order valence-corrected chi connectivity index (χ2v) is 6.15. The Labute approximate surface area is 149 Å². The molecule has 4 nitrogen and oxygen atoms in total. The first-order valence-corrected chi connectivity index (χ1v) is 8.34. The van der Waals surface area contributed by atoms with E-state index >= 15 is 0 Å². The molecule has 2 aromatic carbocycles. The summed E-state index contributed by atoms with van der Waals surface area (Å²) in [4.78, 5) is 14.3. The fraction of sp³-hybridized carbons (Fsp3) is 0.316. The molecule has 7 heteroatoms. The second kappa shape index (κ2) is 8.23. The van der Waals surface area contributed by atoms with E-state index in [1.807, 2.05) is 4.90 Å². The van der Waals surface area contributed by atoms with E-state index in [9.17, 15) is 18.0 Å². The molecule has 1 N–H and O–H groups in total. The summed E-state index contributed by atoms with van der Waals surface area (Å²) in [5, 5.41) is 2.60. The number of carbonyl (C=O) groups is 1. The predicted molar refractivity (Wildman–Crippen MR) is 91.5 cm³/mol. The van der Waals surface area contributed by atoms with E-state index in [0.717, 1.165) is 12.8 Å². The van der Waals surface area contributed by atoms with Gasteiger partial charge in [-0.25, -0.2) is 4.39 Å². The first kappa shape index (κ1) is 18.3. The first-order chi connectivity index (χ1) is 12.5. The number of benzene rings is 2. The van der Waals surface area contributed by atoms with Gasteiger partial charge in [0, 0.05) is 18.2 Å². The van der Waals surface area contributed by atoms with Gasteiger partial charge in [-0.05, 0) is 31.0 Å². The van der Waals surface area contributed by atoms with Gasteiger partial charge in [-0.15, -0.1) is 0 Å². The minimum Gasteiger partial charge on any atom is -0.433 e. The van der Waals surface area contributed by atoms with Crippen molar-refractivity contribution in [1.82, 2.24) is 4.90 Å². The van der Waals surface area contributed by atoms with Gasteiger partial charge in [0.05, 0.1) is 12.2 Å². The van der Waals surface area contributed by atoms with Crippen LogP contribution in [0.3, 0.4) is 0 Å². The molecule has 3 rings (SSSR count).